The van der Waals surface area contributed by atoms with Gasteiger partial charge in [0, 0.05) is 5.56 Å². The zero-order chi connectivity index (χ0) is 13.2. The molecule has 0 amide bonds. The summed E-state index contributed by atoms with van der Waals surface area (Å²) in [6, 6.07) is 15.7. The molecule has 3 aromatic rings. The summed E-state index contributed by atoms with van der Waals surface area (Å²) in [5, 5.41) is 0.917. The SMILES string of the molecule is COc1ccc(OC)c2oc(-c3ccccc3)cc12. The number of rotatable bonds is 3. The first-order chi connectivity index (χ1) is 9.33. The van der Waals surface area contributed by atoms with Crippen LogP contribution >= 0.6 is 0 Å². The summed E-state index contributed by atoms with van der Waals surface area (Å²) in [6.45, 7) is 0. The number of methoxy groups -OCH3 is 2. The van der Waals surface area contributed by atoms with Crippen LogP contribution in [-0.4, -0.2) is 14.2 Å². The van der Waals surface area contributed by atoms with Gasteiger partial charge >= 0.3 is 0 Å². The molecule has 0 aliphatic carbocycles. The molecule has 1 heterocycles. The average Bonchev–Trinajstić information content (AvgIpc) is 2.92. The lowest BCUT2D eigenvalue weighted by molar-refractivity contribution is 0.404. The van der Waals surface area contributed by atoms with E-state index in [1.54, 1.807) is 14.2 Å². The van der Waals surface area contributed by atoms with E-state index in [4.69, 9.17) is 13.9 Å². The van der Waals surface area contributed by atoms with Crippen LogP contribution in [0.3, 0.4) is 0 Å². The Kier molecular flexibility index (Phi) is 2.88. The van der Waals surface area contributed by atoms with E-state index in [2.05, 4.69) is 0 Å². The van der Waals surface area contributed by atoms with Crippen LogP contribution in [-0.2, 0) is 0 Å². The van der Waals surface area contributed by atoms with Gasteiger partial charge < -0.3 is 13.9 Å². The average molecular weight is 254 g/mol. The van der Waals surface area contributed by atoms with Gasteiger partial charge in [0.05, 0.1) is 19.6 Å². The van der Waals surface area contributed by atoms with Gasteiger partial charge in [-0.15, -0.1) is 0 Å². The largest absolute Gasteiger partial charge is 0.496 e. The molecule has 0 N–H and O–H groups in total. The lowest BCUT2D eigenvalue weighted by Crippen LogP contribution is -1.86. The van der Waals surface area contributed by atoms with Crippen LogP contribution < -0.4 is 9.47 Å². The number of benzene rings is 2. The summed E-state index contributed by atoms with van der Waals surface area (Å²) in [4.78, 5) is 0. The van der Waals surface area contributed by atoms with E-state index >= 15 is 0 Å². The quantitative estimate of drug-likeness (QED) is 0.704. The maximum atomic E-state index is 5.91. The fourth-order valence-corrected chi connectivity index (χ4v) is 2.16. The molecule has 0 bridgehead atoms. The first-order valence-corrected chi connectivity index (χ1v) is 6.03. The van der Waals surface area contributed by atoms with Crippen molar-refractivity contribution >= 4 is 11.0 Å². The molecule has 0 saturated carbocycles. The molecule has 3 nitrogen and oxygen atoms in total. The molecule has 3 rings (SSSR count). The normalized spacial score (nSPS) is 10.6. The van der Waals surface area contributed by atoms with E-state index in [-0.39, 0.29) is 0 Å². The minimum atomic E-state index is 0.706. The van der Waals surface area contributed by atoms with Crippen molar-refractivity contribution < 1.29 is 13.9 Å². The van der Waals surface area contributed by atoms with E-state index in [9.17, 15) is 0 Å². The van der Waals surface area contributed by atoms with Crippen LogP contribution in [0.15, 0.2) is 52.9 Å². The number of ether oxygens (including phenoxy) is 2. The van der Waals surface area contributed by atoms with Gasteiger partial charge in [-0.2, -0.15) is 0 Å². The van der Waals surface area contributed by atoms with Gasteiger partial charge in [-0.3, -0.25) is 0 Å². The Hall–Kier alpha value is -2.42. The molecular formula is C16H14O3. The van der Waals surface area contributed by atoms with Crippen LogP contribution in [0, 0.1) is 0 Å². The second-order valence-electron chi connectivity index (χ2n) is 4.19. The molecular weight excluding hydrogens is 240 g/mol. The third kappa shape index (κ3) is 1.93. The highest BCUT2D eigenvalue weighted by Gasteiger charge is 2.14. The van der Waals surface area contributed by atoms with Crippen molar-refractivity contribution in [1.29, 1.82) is 0 Å². The molecule has 0 aliphatic rings. The zero-order valence-electron chi connectivity index (χ0n) is 10.8. The molecule has 1 aromatic heterocycles. The fourth-order valence-electron chi connectivity index (χ4n) is 2.16. The first-order valence-electron chi connectivity index (χ1n) is 6.03. The van der Waals surface area contributed by atoms with Gasteiger partial charge in [0.15, 0.2) is 11.3 Å². The smallest absolute Gasteiger partial charge is 0.180 e. The summed E-state index contributed by atoms with van der Waals surface area (Å²) >= 11 is 0. The van der Waals surface area contributed by atoms with Gasteiger partial charge in [-0.05, 0) is 18.2 Å². The van der Waals surface area contributed by atoms with E-state index in [0.29, 0.717) is 11.3 Å². The standard InChI is InChI=1S/C16H14O3/c1-17-13-8-9-14(18-2)16-12(13)10-15(19-16)11-6-4-3-5-7-11/h3-10H,1-2H3. The molecule has 0 unspecified atom stereocenters. The summed E-state index contributed by atoms with van der Waals surface area (Å²) in [7, 11) is 3.28. The molecule has 0 saturated heterocycles. The number of hydrogen-bond acceptors (Lipinski definition) is 3. The lowest BCUT2D eigenvalue weighted by atomic mass is 10.1. The highest BCUT2D eigenvalue weighted by atomic mass is 16.5. The Morgan fingerprint density at radius 3 is 2.21 bits per heavy atom. The second kappa shape index (κ2) is 4.69. The van der Waals surface area contributed by atoms with Crippen molar-refractivity contribution in [2.45, 2.75) is 0 Å². The van der Waals surface area contributed by atoms with Gasteiger partial charge in [0.25, 0.3) is 0 Å². The molecule has 0 atom stereocenters. The fraction of sp³-hybridized carbons (Fsp3) is 0.125. The van der Waals surface area contributed by atoms with Gasteiger partial charge in [-0.1, -0.05) is 30.3 Å². The van der Waals surface area contributed by atoms with Gasteiger partial charge in [-0.25, -0.2) is 0 Å². The maximum absolute atomic E-state index is 5.91. The van der Waals surface area contributed by atoms with Gasteiger partial charge in [0.1, 0.15) is 11.5 Å². The van der Waals surface area contributed by atoms with Crippen molar-refractivity contribution in [3.63, 3.8) is 0 Å². The molecule has 0 radical (unpaired) electrons. The maximum Gasteiger partial charge on any atom is 0.180 e. The van der Waals surface area contributed by atoms with Crippen molar-refractivity contribution in [3.8, 4) is 22.8 Å². The minimum absolute atomic E-state index is 0.706. The van der Waals surface area contributed by atoms with Crippen molar-refractivity contribution in [1.82, 2.24) is 0 Å². The summed E-state index contributed by atoms with van der Waals surface area (Å²) in [5.74, 6) is 2.29. The van der Waals surface area contributed by atoms with Crippen molar-refractivity contribution in [2.75, 3.05) is 14.2 Å². The Morgan fingerprint density at radius 2 is 1.53 bits per heavy atom. The number of furan rings is 1. The summed E-state index contributed by atoms with van der Waals surface area (Å²) < 4.78 is 16.6. The molecule has 19 heavy (non-hydrogen) atoms. The number of hydrogen-bond donors (Lipinski definition) is 0. The van der Waals surface area contributed by atoms with E-state index in [1.807, 2.05) is 48.5 Å². The van der Waals surface area contributed by atoms with Crippen LogP contribution in [0.5, 0.6) is 11.5 Å². The molecule has 0 spiro atoms. The molecule has 96 valence electrons. The summed E-state index contributed by atoms with van der Waals surface area (Å²) in [5.41, 5.74) is 1.74. The molecule has 2 aromatic carbocycles. The zero-order valence-corrected chi connectivity index (χ0v) is 10.8. The Morgan fingerprint density at radius 1 is 0.842 bits per heavy atom. The topological polar surface area (TPSA) is 31.6 Å². The van der Waals surface area contributed by atoms with Crippen molar-refractivity contribution in [2.24, 2.45) is 0 Å². The van der Waals surface area contributed by atoms with E-state index in [0.717, 1.165) is 22.5 Å². The Bertz CT molecular complexity index is 658. The first kappa shape index (κ1) is 11.7. The van der Waals surface area contributed by atoms with Crippen molar-refractivity contribution in [3.05, 3.63) is 48.5 Å². The highest BCUT2D eigenvalue weighted by molar-refractivity contribution is 5.92. The van der Waals surface area contributed by atoms with Crippen LogP contribution in [0.25, 0.3) is 22.3 Å². The van der Waals surface area contributed by atoms with Gasteiger partial charge in [0.2, 0.25) is 0 Å². The highest BCUT2D eigenvalue weighted by Crippen LogP contribution is 2.38. The van der Waals surface area contributed by atoms with E-state index < -0.39 is 0 Å². The minimum Gasteiger partial charge on any atom is -0.496 e. The monoisotopic (exact) mass is 254 g/mol. The third-order valence-corrected chi connectivity index (χ3v) is 3.11. The van der Waals surface area contributed by atoms with Crippen LogP contribution in [0.4, 0.5) is 0 Å². The Labute approximate surface area is 111 Å². The molecule has 3 heteroatoms. The second-order valence-corrected chi connectivity index (χ2v) is 4.19. The third-order valence-electron chi connectivity index (χ3n) is 3.11. The predicted octanol–water partition coefficient (Wildman–Crippen LogP) is 4.12. The molecule has 0 fully saturated rings. The number of fused-ring (bicyclic) bond motifs is 1. The predicted molar refractivity (Wildman–Crippen MR) is 74.8 cm³/mol. The summed E-state index contributed by atoms with van der Waals surface area (Å²) in [6.07, 6.45) is 0. The Balaban J connectivity index is 2.24. The lowest BCUT2D eigenvalue weighted by Gasteiger charge is -2.04. The van der Waals surface area contributed by atoms with Crippen LogP contribution in [0.2, 0.25) is 0 Å². The van der Waals surface area contributed by atoms with Crippen LogP contribution in [0.1, 0.15) is 0 Å². The van der Waals surface area contributed by atoms with E-state index in [1.165, 1.54) is 0 Å². The molecule has 0 aliphatic heterocycles.